The zero-order valence-corrected chi connectivity index (χ0v) is 10.2. The van der Waals surface area contributed by atoms with Crippen molar-refractivity contribution in [1.82, 2.24) is 19.1 Å². The van der Waals surface area contributed by atoms with Gasteiger partial charge in [-0.15, -0.1) is 0 Å². The number of rotatable bonds is 0. The smallest absolute Gasteiger partial charge is 1.00 e. The number of aromatic nitrogens is 4. The maximum atomic E-state index is 11.4. The van der Waals surface area contributed by atoms with Gasteiger partial charge < -0.3 is 7.84 Å². The number of imidazole rings is 1. The van der Waals surface area contributed by atoms with E-state index in [1.807, 2.05) is 0 Å². The van der Waals surface area contributed by atoms with Crippen molar-refractivity contribution in [3.8, 4) is 0 Å². The van der Waals surface area contributed by atoms with Gasteiger partial charge in [0.25, 0.3) is 5.56 Å². The molecule has 0 radical (unpaired) electrons. The second-order valence-electron chi connectivity index (χ2n) is 2.81. The number of nitrogens with zero attached hydrogens (tertiary/aromatic N) is 3. The standard InChI is InChI=1S/C7H8N4O2.Ca.2H/c1-10-5-4(8-3-9-5)6(12)11(2)7(10)13;;;/h3H,1-2H3,(H,8,9);;;/q;+2;2*-1. The summed E-state index contributed by atoms with van der Waals surface area (Å²) in [6.07, 6.45) is 1.39. The van der Waals surface area contributed by atoms with E-state index in [4.69, 9.17) is 0 Å². The zero-order valence-electron chi connectivity index (χ0n) is 9.94. The second kappa shape index (κ2) is 3.88. The molecule has 0 amide bonds. The predicted octanol–water partition coefficient (Wildman–Crippen LogP) is -1.20. The minimum atomic E-state index is -0.371. The summed E-state index contributed by atoms with van der Waals surface area (Å²) in [5.41, 5.74) is 0.0119. The maximum Gasteiger partial charge on any atom is 2.00 e. The van der Waals surface area contributed by atoms with Crippen LogP contribution < -0.4 is 11.2 Å². The maximum absolute atomic E-state index is 11.4. The van der Waals surface area contributed by atoms with Crippen LogP contribution in [-0.4, -0.2) is 56.8 Å². The molecule has 6 nitrogen and oxygen atoms in total. The van der Waals surface area contributed by atoms with Gasteiger partial charge in [-0.3, -0.25) is 13.9 Å². The summed E-state index contributed by atoms with van der Waals surface area (Å²) in [6, 6.07) is 0. The van der Waals surface area contributed by atoms with E-state index in [1.165, 1.54) is 17.9 Å². The molecule has 1 N–H and O–H groups in total. The molecule has 0 spiro atoms. The first kappa shape index (κ1) is 11.5. The quantitative estimate of drug-likeness (QED) is 0.569. The molecule has 0 aliphatic carbocycles. The van der Waals surface area contributed by atoms with Crippen LogP contribution in [0.3, 0.4) is 0 Å². The Kier molecular flexibility index (Phi) is 3.18. The monoisotopic (exact) mass is 222 g/mol. The van der Waals surface area contributed by atoms with E-state index >= 15 is 0 Å². The van der Waals surface area contributed by atoms with E-state index in [1.54, 1.807) is 7.05 Å². The third-order valence-corrected chi connectivity index (χ3v) is 2.03. The topological polar surface area (TPSA) is 72.7 Å². The van der Waals surface area contributed by atoms with Crippen molar-refractivity contribution in [2.45, 2.75) is 0 Å². The van der Waals surface area contributed by atoms with Crippen molar-refractivity contribution in [2.24, 2.45) is 14.1 Å². The number of fused-ring (bicyclic) bond motifs is 1. The number of hydrogen-bond acceptors (Lipinski definition) is 3. The number of aromatic amines is 1. The van der Waals surface area contributed by atoms with Crippen molar-refractivity contribution < 1.29 is 2.85 Å². The fourth-order valence-corrected chi connectivity index (χ4v) is 1.27. The molecule has 0 saturated heterocycles. The number of aryl methyl sites for hydroxylation is 1. The molecule has 0 fully saturated rings. The molecular weight excluding hydrogens is 212 g/mol. The average Bonchev–Trinajstić information content (AvgIpc) is 2.59. The van der Waals surface area contributed by atoms with E-state index in [-0.39, 0.29) is 51.8 Å². The molecule has 0 saturated carbocycles. The van der Waals surface area contributed by atoms with Gasteiger partial charge in [-0.1, -0.05) is 0 Å². The van der Waals surface area contributed by atoms with E-state index in [0.717, 1.165) is 4.57 Å². The Hall–Kier alpha value is -0.590. The number of H-pyrrole nitrogens is 1. The first-order valence-electron chi connectivity index (χ1n) is 3.72. The molecule has 14 heavy (non-hydrogen) atoms. The van der Waals surface area contributed by atoms with E-state index in [9.17, 15) is 9.59 Å². The van der Waals surface area contributed by atoms with Crippen LogP contribution in [0.1, 0.15) is 2.85 Å². The Morgan fingerprint density at radius 3 is 2.64 bits per heavy atom. The van der Waals surface area contributed by atoms with E-state index in [0.29, 0.717) is 11.2 Å². The molecule has 0 bridgehead atoms. The van der Waals surface area contributed by atoms with Crippen molar-refractivity contribution in [3.63, 3.8) is 0 Å². The Morgan fingerprint density at radius 1 is 1.36 bits per heavy atom. The molecule has 0 aromatic carbocycles. The molecule has 2 heterocycles. The molecule has 0 aliphatic rings. The largest absolute Gasteiger partial charge is 2.00 e. The normalized spacial score (nSPS) is 10.1. The van der Waals surface area contributed by atoms with Crippen molar-refractivity contribution >= 4 is 48.9 Å². The van der Waals surface area contributed by atoms with Crippen molar-refractivity contribution in [1.29, 1.82) is 0 Å². The molecule has 2 rings (SSSR count). The molecule has 72 valence electrons. The van der Waals surface area contributed by atoms with Gasteiger partial charge >= 0.3 is 43.4 Å². The summed E-state index contributed by atoms with van der Waals surface area (Å²) in [5.74, 6) is 0. The molecule has 0 atom stereocenters. The van der Waals surface area contributed by atoms with E-state index < -0.39 is 0 Å². The van der Waals surface area contributed by atoms with Crippen LogP contribution in [-0.2, 0) is 14.1 Å². The van der Waals surface area contributed by atoms with Gasteiger partial charge in [-0.2, -0.15) is 0 Å². The Balaban J connectivity index is 0. The Labute approximate surface area is 112 Å². The Bertz CT molecular complexity index is 588. The SMILES string of the molecule is Cn1c(=O)c2[nH]cnc2n(C)c1=O.[Ca+2].[H-].[H-]. The van der Waals surface area contributed by atoms with Gasteiger partial charge in [-0.05, 0) is 0 Å². The summed E-state index contributed by atoms with van der Waals surface area (Å²) in [6.45, 7) is 0. The van der Waals surface area contributed by atoms with Gasteiger partial charge in [0.2, 0.25) is 0 Å². The van der Waals surface area contributed by atoms with Crippen LogP contribution in [0.4, 0.5) is 0 Å². The fourth-order valence-electron chi connectivity index (χ4n) is 1.27. The Morgan fingerprint density at radius 2 is 2.00 bits per heavy atom. The van der Waals surface area contributed by atoms with Crippen LogP contribution in [0.25, 0.3) is 11.2 Å². The third-order valence-electron chi connectivity index (χ3n) is 2.03. The fraction of sp³-hybridized carbons (Fsp3) is 0.286. The summed E-state index contributed by atoms with van der Waals surface area (Å²) in [7, 11) is 3.01. The van der Waals surface area contributed by atoms with Gasteiger partial charge in [0.1, 0.15) is 5.52 Å². The van der Waals surface area contributed by atoms with Crippen LogP contribution >= 0.6 is 0 Å². The van der Waals surface area contributed by atoms with Crippen LogP contribution in [0, 0.1) is 0 Å². The molecule has 2 aromatic rings. The van der Waals surface area contributed by atoms with Crippen LogP contribution in [0.5, 0.6) is 0 Å². The van der Waals surface area contributed by atoms with E-state index in [2.05, 4.69) is 9.97 Å². The van der Waals surface area contributed by atoms with Crippen LogP contribution in [0.15, 0.2) is 15.9 Å². The van der Waals surface area contributed by atoms with Crippen molar-refractivity contribution in [3.05, 3.63) is 27.2 Å². The zero-order chi connectivity index (χ0) is 9.59. The first-order valence-corrected chi connectivity index (χ1v) is 3.72. The van der Waals surface area contributed by atoms with Gasteiger partial charge in [-0.25, -0.2) is 9.78 Å². The minimum Gasteiger partial charge on any atom is -1.00 e. The molecule has 2 aromatic heterocycles. The van der Waals surface area contributed by atoms with Gasteiger partial charge in [0.05, 0.1) is 6.33 Å². The predicted molar refractivity (Wildman–Crippen MR) is 54.6 cm³/mol. The van der Waals surface area contributed by atoms with Gasteiger partial charge in [0.15, 0.2) is 5.65 Å². The summed E-state index contributed by atoms with van der Waals surface area (Å²) >= 11 is 0. The van der Waals surface area contributed by atoms with Crippen molar-refractivity contribution in [2.75, 3.05) is 0 Å². The molecule has 0 unspecified atom stereocenters. The first-order chi connectivity index (χ1) is 6.13. The number of hydrogen-bond donors (Lipinski definition) is 1. The summed E-state index contributed by atoms with van der Waals surface area (Å²) < 4.78 is 2.37. The van der Waals surface area contributed by atoms with Gasteiger partial charge in [0, 0.05) is 14.1 Å². The molecular formula is C7H10CaN4O2. The summed E-state index contributed by atoms with van der Waals surface area (Å²) in [5, 5.41) is 0. The molecule has 7 heteroatoms. The van der Waals surface area contributed by atoms with Crippen LogP contribution in [0.2, 0.25) is 0 Å². The molecule has 0 aliphatic heterocycles. The minimum absolute atomic E-state index is 0. The summed E-state index contributed by atoms with van der Waals surface area (Å²) in [4.78, 5) is 29.4. The second-order valence-corrected chi connectivity index (χ2v) is 2.81. The third kappa shape index (κ3) is 1.43. The number of nitrogens with one attached hydrogen (secondary N) is 1. The average molecular weight is 222 g/mol.